The average molecular weight is 350 g/mol. The molecule has 0 fully saturated rings. The summed E-state index contributed by atoms with van der Waals surface area (Å²) in [6.45, 7) is 2.51. The van der Waals surface area contributed by atoms with Gasteiger partial charge in [0.15, 0.2) is 0 Å². The molecule has 0 N–H and O–H groups in total. The molecule has 2 aromatic carbocycles. The minimum atomic E-state index is -0.297. The molecule has 0 aliphatic carbocycles. The van der Waals surface area contributed by atoms with Crippen molar-refractivity contribution in [3.63, 3.8) is 0 Å². The first-order valence-corrected chi connectivity index (χ1v) is 8.47. The van der Waals surface area contributed by atoms with Gasteiger partial charge in [0.05, 0.1) is 0 Å². The molecule has 122 valence electrons. The normalized spacial score (nSPS) is 10.8. The fraction of sp³-hybridized carbons (Fsp3) is 0.278. The van der Waals surface area contributed by atoms with Crippen LogP contribution < -0.4 is 0 Å². The second-order valence-corrected chi connectivity index (χ2v) is 7.00. The minimum Gasteiger partial charge on any atom is -0.461 e. The summed E-state index contributed by atoms with van der Waals surface area (Å²) in [5, 5.41) is 0.637. The van der Waals surface area contributed by atoms with E-state index in [2.05, 4.69) is 31.1 Å². The Balaban J connectivity index is 2.27. The smallest absolute Gasteiger partial charge is 0.302 e. The van der Waals surface area contributed by atoms with E-state index in [9.17, 15) is 4.79 Å². The number of esters is 1. The van der Waals surface area contributed by atoms with Gasteiger partial charge in [-0.25, -0.2) is 0 Å². The molecule has 5 heteroatoms. The Bertz CT molecular complexity index is 688. The van der Waals surface area contributed by atoms with Crippen molar-refractivity contribution >= 4 is 29.3 Å². The van der Waals surface area contributed by atoms with Crippen LogP contribution in [0.1, 0.15) is 18.1 Å². The Labute approximate surface area is 146 Å². The highest BCUT2D eigenvalue weighted by Crippen LogP contribution is 2.34. The summed E-state index contributed by atoms with van der Waals surface area (Å²) in [5.74, 6) is -0.297. The Hall–Kier alpha value is -1.49. The molecule has 2 aromatic rings. The Morgan fingerprint density at radius 1 is 1.13 bits per heavy atom. The van der Waals surface area contributed by atoms with Gasteiger partial charge in [0.1, 0.15) is 6.61 Å². The topological polar surface area (TPSA) is 29.5 Å². The van der Waals surface area contributed by atoms with E-state index >= 15 is 0 Å². The predicted octanol–water partition coefficient (Wildman–Crippen LogP) is 4.62. The summed E-state index contributed by atoms with van der Waals surface area (Å²) in [4.78, 5) is 15.5. The van der Waals surface area contributed by atoms with E-state index < -0.39 is 0 Å². The molecule has 0 atom stereocenters. The Morgan fingerprint density at radius 2 is 1.83 bits per heavy atom. The first-order valence-electron chi connectivity index (χ1n) is 7.28. The maximum absolute atomic E-state index is 11.1. The van der Waals surface area contributed by atoms with Crippen molar-refractivity contribution in [3.05, 3.63) is 58.6 Å². The molecule has 0 saturated heterocycles. The molecule has 3 nitrogen and oxygen atoms in total. The van der Waals surface area contributed by atoms with Crippen molar-refractivity contribution in [1.29, 1.82) is 0 Å². The van der Waals surface area contributed by atoms with Crippen molar-refractivity contribution < 1.29 is 9.53 Å². The highest BCUT2D eigenvalue weighted by atomic mass is 35.5. The number of halogens is 1. The molecule has 0 unspecified atom stereocenters. The zero-order chi connectivity index (χ0) is 16.8. The van der Waals surface area contributed by atoms with Crippen LogP contribution in [-0.4, -0.2) is 25.0 Å². The van der Waals surface area contributed by atoms with E-state index in [1.54, 1.807) is 11.8 Å². The van der Waals surface area contributed by atoms with Gasteiger partial charge in [-0.2, -0.15) is 0 Å². The van der Waals surface area contributed by atoms with Crippen molar-refractivity contribution in [2.24, 2.45) is 0 Å². The van der Waals surface area contributed by atoms with Crippen LogP contribution in [-0.2, 0) is 22.7 Å². The summed E-state index contributed by atoms with van der Waals surface area (Å²) >= 11 is 7.75. The van der Waals surface area contributed by atoms with Crippen LogP contribution in [0.2, 0.25) is 5.02 Å². The Morgan fingerprint density at radius 3 is 2.52 bits per heavy atom. The van der Waals surface area contributed by atoms with Crippen molar-refractivity contribution in [1.82, 2.24) is 4.90 Å². The fourth-order valence-corrected chi connectivity index (χ4v) is 3.36. The molecule has 23 heavy (non-hydrogen) atoms. The van der Waals surface area contributed by atoms with Crippen LogP contribution in [0.5, 0.6) is 0 Å². The number of rotatable bonds is 6. The fourth-order valence-electron chi connectivity index (χ4n) is 2.13. The van der Waals surface area contributed by atoms with Crippen LogP contribution in [0.4, 0.5) is 0 Å². The van der Waals surface area contributed by atoms with Crippen LogP contribution in [0.25, 0.3) is 0 Å². The van der Waals surface area contributed by atoms with Crippen LogP contribution in [0.15, 0.2) is 52.3 Å². The zero-order valence-electron chi connectivity index (χ0n) is 13.5. The first-order chi connectivity index (χ1) is 11.0. The third kappa shape index (κ3) is 5.57. The van der Waals surface area contributed by atoms with Gasteiger partial charge in [0.25, 0.3) is 0 Å². The molecule has 0 aliphatic heterocycles. The van der Waals surface area contributed by atoms with Crippen molar-refractivity contribution in [3.8, 4) is 0 Å². The van der Waals surface area contributed by atoms with E-state index in [0.717, 1.165) is 17.0 Å². The summed E-state index contributed by atoms with van der Waals surface area (Å²) in [5.41, 5.74) is 2.17. The van der Waals surface area contributed by atoms with Gasteiger partial charge in [-0.3, -0.25) is 4.79 Å². The van der Waals surface area contributed by atoms with Gasteiger partial charge in [-0.15, -0.1) is 0 Å². The molecule has 0 heterocycles. The number of hydrogen-bond donors (Lipinski definition) is 0. The van der Waals surface area contributed by atoms with E-state index in [1.165, 1.54) is 17.4 Å². The number of carbonyl (C=O) groups excluding carboxylic acids is 1. The SMILES string of the molecule is CC(=O)OCc1cc(Cl)ccc1Sc1ccccc1CN(C)C. The van der Waals surface area contributed by atoms with Crippen molar-refractivity contribution in [2.45, 2.75) is 29.9 Å². The first kappa shape index (κ1) is 17.9. The second kappa shape index (κ2) is 8.39. The lowest BCUT2D eigenvalue weighted by molar-refractivity contribution is -0.142. The second-order valence-electron chi connectivity index (χ2n) is 5.48. The van der Waals surface area contributed by atoms with Crippen molar-refractivity contribution in [2.75, 3.05) is 14.1 Å². The lowest BCUT2D eigenvalue weighted by Gasteiger charge is -2.15. The maximum Gasteiger partial charge on any atom is 0.302 e. The zero-order valence-corrected chi connectivity index (χ0v) is 15.1. The number of hydrogen-bond acceptors (Lipinski definition) is 4. The summed E-state index contributed by atoms with van der Waals surface area (Å²) < 4.78 is 5.14. The standard InChI is InChI=1S/C18H20ClNO2S/c1-13(21)22-12-15-10-16(19)8-9-18(15)23-17-7-5-4-6-14(17)11-20(2)3/h4-10H,11-12H2,1-3H3. The summed E-state index contributed by atoms with van der Waals surface area (Å²) in [6.07, 6.45) is 0. The molecule has 0 amide bonds. The van der Waals surface area contributed by atoms with E-state index in [1.807, 2.05) is 30.3 Å². The molecule has 0 saturated carbocycles. The monoisotopic (exact) mass is 349 g/mol. The lowest BCUT2D eigenvalue weighted by atomic mass is 10.2. The van der Waals surface area contributed by atoms with Gasteiger partial charge in [0.2, 0.25) is 0 Å². The third-order valence-electron chi connectivity index (χ3n) is 3.13. The number of carbonyl (C=O) groups is 1. The van der Waals surface area contributed by atoms with E-state index in [4.69, 9.17) is 16.3 Å². The van der Waals surface area contributed by atoms with Crippen LogP contribution >= 0.6 is 23.4 Å². The molecule has 2 rings (SSSR count). The molecular weight excluding hydrogens is 330 g/mol. The Kier molecular flexibility index (Phi) is 6.51. The van der Waals surface area contributed by atoms with Gasteiger partial charge in [-0.1, -0.05) is 41.6 Å². The molecule has 0 aliphatic rings. The number of ether oxygens (including phenoxy) is 1. The summed E-state index contributed by atoms with van der Waals surface area (Å²) in [7, 11) is 4.10. The van der Waals surface area contributed by atoms with E-state index in [-0.39, 0.29) is 12.6 Å². The van der Waals surface area contributed by atoms with Gasteiger partial charge < -0.3 is 9.64 Å². The highest BCUT2D eigenvalue weighted by Gasteiger charge is 2.10. The minimum absolute atomic E-state index is 0.230. The quantitative estimate of drug-likeness (QED) is 0.712. The van der Waals surface area contributed by atoms with Crippen LogP contribution in [0, 0.1) is 0 Å². The number of nitrogens with zero attached hydrogens (tertiary/aromatic N) is 1. The highest BCUT2D eigenvalue weighted by molar-refractivity contribution is 7.99. The van der Waals surface area contributed by atoms with Crippen LogP contribution in [0.3, 0.4) is 0 Å². The number of benzene rings is 2. The largest absolute Gasteiger partial charge is 0.461 e. The maximum atomic E-state index is 11.1. The molecule has 0 aromatic heterocycles. The lowest BCUT2D eigenvalue weighted by Crippen LogP contribution is -2.11. The van der Waals surface area contributed by atoms with Gasteiger partial charge in [0, 0.05) is 33.8 Å². The summed E-state index contributed by atoms with van der Waals surface area (Å²) in [6, 6.07) is 14.0. The average Bonchev–Trinajstić information content (AvgIpc) is 2.48. The predicted molar refractivity (Wildman–Crippen MR) is 94.9 cm³/mol. The molecule has 0 radical (unpaired) electrons. The molecule has 0 bridgehead atoms. The molecular formula is C18H20ClNO2S. The third-order valence-corrected chi connectivity index (χ3v) is 4.60. The van der Waals surface area contributed by atoms with E-state index in [0.29, 0.717) is 5.02 Å². The van der Waals surface area contributed by atoms with Gasteiger partial charge >= 0.3 is 5.97 Å². The van der Waals surface area contributed by atoms with Gasteiger partial charge in [-0.05, 0) is 43.9 Å². The molecule has 0 spiro atoms.